The minimum atomic E-state index is -3.34. The Morgan fingerprint density at radius 3 is 0.973 bits per heavy atom. The maximum Gasteiger partial charge on any atom is 0.228 e. The number of nitrogens with zero attached hydrogens (tertiary/aromatic N) is 33. The zero-order valence-corrected chi connectivity index (χ0v) is 87.9. The van der Waals surface area contributed by atoms with Crippen molar-refractivity contribution < 1.29 is 47.9 Å². The molecule has 56 heteroatoms. The number of anilines is 8. The zero-order chi connectivity index (χ0) is 104. The minimum Gasteiger partial charge on any atom is -0.381 e. The number of nitrogens with one attached hydrogen (secondary N) is 4. The molecule has 22 heterocycles. The number of aromatic nitrogens is 24. The number of ether oxygens (including phenoxy) is 2. The van der Waals surface area contributed by atoms with Crippen molar-refractivity contribution in [2.45, 2.75) is 133 Å². The Morgan fingerprint density at radius 2 is 0.689 bits per heavy atom. The van der Waals surface area contributed by atoms with E-state index in [1.54, 1.807) is 131 Å². The minimum absolute atomic E-state index is 0.0160. The number of nitriles is 4. The van der Waals surface area contributed by atoms with Crippen molar-refractivity contribution in [3.8, 4) is 69.3 Å². The lowest BCUT2D eigenvalue weighted by Gasteiger charge is -2.47. The molecule has 16 aromatic rings. The number of fused-ring (bicyclic) bond motifs is 4. The average Bonchev–Trinajstić information content (AvgIpc) is 1.51. The van der Waals surface area contributed by atoms with Gasteiger partial charge < -0.3 is 35.6 Å². The van der Waals surface area contributed by atoms with Gasteiger partial charge in [0.05, 0.1) is 234 Å². The lowest BCUT2D eigenvalue weighted by atomic mass is 9.89. The van der Waals surface area contributed by atoms with Gasteiger partial charge in [0, 0.05) is 171 Å². The molecule has 0 saturated carbocycles. The van der Waals surface area contributed by atoms with Gasteiger partial charge in [-0.2, -0.15) is 79.1 Å². The normalized spacial score (nSPS) is 16.8. The van der Waals surface area contributed by atoms with Gasteiger partial charge in [-0.1, -0.05) is 0 Å². The SMILES string of the molecule is CCS(=O)(=O)N1CC(CC#N)(n2cc(-c3nc(Nc4cnn(C5CCOCC5)c4)nc4ccsc34)cn2)C1.CCS(=O)(=O)N1CC(CC#N)(n2cc(-c3nc(Nc4cnn(C5COC5)c4)nc4ccsc34)cn2)C1.CCS(=O)(=O)N1CC(CC#N)(n2cc(-c3nc(Nc4cnn(CCCC(=O)N(C)C)c4)nc4ccsc34)cn2)C1.CCn1cc(Nc2nc(-c3cnn(C4(CC#N)CN(S(=O)(=O)CC)C4)c3)c3sccc3n2)cn1. The molecule has 0 radical (unpaired) electrons. The molecule has 770 valence electrons. The van der Waals surface area contributed by atoms with Crippen LogP contribution in [0.25, 0.3) is 85.9 Å². The van der Waals surface area contributed by atoms with Crippen LogP contribution in [-0.2, 0) is 89.6 Å². The van der Waals surface area contributed by atoms with Crippen molar-refractivity contribution in [3.63, 3.8) is 0 Å². The predicted molar refractivity (Wildman–Crippen MR) is 556 cm³/mol. The molecule has 0 atom stereocenters. The van der Waals surface area contributed by atoms with Crippen LogP contribution < -0.4 is 21.3 Å². The molecule has 6 saturated heterocycles. The van der Waals surface area contributed by atoms with Crippen molar-refractivity contribution in [2.75, 3.05) is 137 Å². The van der Waals surface area contributed by atoms with E-state index in [-0.39, 0.29) is 113 Å². The van der Waals surface area contributed by atoms with Crippen molar-refractivity contribution in [1.82, 2.24) is 140 Å². The van der Waals surface area contributed by atoms with E-state index in [1.165, 1.54) is 51.2 Å². The molecule has 48 nitrogen and oxygen atoms in total. The summed E-state index contributed by atoms with van der Waals surface area (Å²) in [5, 5.41) is 94.3. The van der Waals surface area contributed by atoms with E-state index in [0.717, 1.165) is 130 Å². The number of rotatable bonds is 35. The van der Waals surface area contributed by atoms with Crippen molar-refractivity contribution in [2.24, 2.45) is 0 Å². The van der Waals surface area contributed by atoms with Crippen LogP contribution in [0.15, 0.2) is 145 Å². The molecule has 16 aromatic heterocycles. The Morgan fingerprint density at radius 1 is 0.392 bits per heavy atom. The number of sulfonamides is 4. The molecule has 6 aliphatic rings. The van der Waals surface area contributed by atoms with Gasteiger partial charge in [0.25, 0.3) is 0 Å². The zero-order valence-electron chi connectivity index (χ0n) is 81.4. The fraction of sp³-hybridized carbons (Fsp3) is 0.424. The van der Waals surface area contributed by atoms with E-state index in [2.05, 4.69) is 106 Å². The molecule has 4 N–H and O–H groups in total. The lowest BCUT2D eigenvalue weighted by molar-refractivity contribution is -0.128. The van der Waals surface area contributed by atoms with Gasteiger partial charge in [0.1, 0.15) is 22.2 Å². The van der Waals surface area contributed by atoms with E-state index in [0.29, 0.717) is 73.8 Å². The van der Waals surface area contributed by atoms with E-state index in [9.17, 15) is 59.5 Å². The number of amides is 1. The van der Waals surface area contributed by atoms with Crippen molar-refractivity contribution >= 4 is 179 Å². The maximum atomic E-state index is 12.3. The van der Waals surface area contributed by atoms with Gasteiger partial charge in [-0.15, -0.1) is 45.3 Å². The van der Waals surface area contributed by atoms with Crippen LogP contribution in [0.3, 0.4) is 0 Å². The van der Waals surface area contributed by atoms with Gasteiger partial charge in [0.15, 0.2) is 0 Å². The van der Waals surface area contributed by atoms with Gasteiger partial charge in [0.2, 0.25) is 69.8 Å². The summed E-state index contributed by atoms with van der Waals surface area (Å²) in [7, 11) is -9.81. The summed E-state index contributed by atoms with van der Waals surface area (Å²) in [4.78, 5) is 51.1. The highest BCUT2D eigenvalue weighted by Gasteiger charge is 2.54. The maximum absolute atomic E-state index is 12.3. The number of thiophene rings is 4. The lowest BCUT2D eigenvalue weighted by Crippen LogP contribution is -2.64. The third kappa shape index (κ3) is 21.1. The van der Waals surface area contributed by atoms with Gasteiger partial charge in [-0.25, -0.2) is 73.5 Å². The van der Waals surface area contributed by atoms with Gasteiger partial charge in [-0.3, -0.25) is 42.2 Å². The summed E-state index contributed by atoms with van der Waals surface area (Å²) in [5.41, 5.74) is 9.38. The Kier molecular flexibility index (Phi) is 29.4. The van der Waals surface area contributed by atoms with Crippen LogP contribution in [0, 0.1) is 45.3 Å². The third-order valence-electron chi connectivity index (χ3n) is 26.7. The van der Waals surface area contributed by atoms with Crippen LogP contribution in [0.2, 0.25) is 0 Å². The first-order valence-corrected chi connectivity index (χ1v) is 57.5. The molecule has 22 rings (SSSR count). The molecule has 6 aliphatic heterocycles. The molecule has 0 spiro atoms. The van der Waals surface area contributed by atoms with E-state index >= 15 is 0 Å². The Hall–Kier alpha value is -14.0. The number of hydrogen-bond donors (Lipinski definition) is 4. The Labute approximate surface area is 866 Å². The van der Waals surface area contributed by atoms with Crippen LogP contribution >= 0.6 is 45.3 Å². The smallest absolute Gasteiger partial charge is 0.228 e. The second kappa shape index (κ2) is 42.3. The highest BCUT2D eigenvalue weighted by molar-refractivity contribution is 7.89. The fourth-order valence-electron chi connectivity index (χ4n) is 18.0. The quantitative estimate of drug-likeness (QED) is 0.0287. The summed E-state index contributed by atoms with van der Waals surface area (Å²) < 4.78 is 133. The molecular weight excluding hydrogens is 2060 g/mol. The first-order valence-electron chi connectivity index (χ1n) is 47.5. The number of carbonyl (C=O) groups excluding carboxylic acids is 1. The van der Waals surface area contributed by atoms with Crippen LogP contribution in [0.1, 0.15) is 98.1 Å². The summed E-state index contributed by atoms with van der Waals surface area (Å²) in [6.45, 7) is 14.4. The summed E-state index contributed by atoms with van der Waals surface area (Å²) in [6.07, 6.45) is 32.3. The molecule has 0 unspecified atom stereocenters. The summed E-state index contributed by atoms with van der Waals surface area (Å²) in [6, 6.07) is 17.1. The number of aryl methyl sites for hydroxylation is 2. The van der Waals surface area contributed by atoms with Gasteiger partial charge in [-0.05, 0) is 99.7 Å². The van der Waals surface area contributed by atoms with Crippen molar-refractivity contribution in [1.29, 1.82) is 21.0 Å². The fourth-order valence-corrected chi connectivity index (χ4v) is 26.3. The first kappa shape index (κ1) is 103. The standard InChI is InChI=1S/C25H30N10O3S2.C24H27N9O3S2.C22H23N9O3S2.C21H23N9O2S2/c1-4-40(37,38)34-16-25(17-34,8-9-26)35-14-18(12-28-35)22-23-20(7-11-39-23)30-24(31-22)29-19-13-27-33(15-19)10-5-6-21(36)32(2)3;1-2-38(34,35)31-15-24(16-31,6-7-25)33-13-17(11-27-33)21-22-20(5-10-37-22)29-23(30-21)28-18-12-26-32(14-18)19-3-8-36-9-4-19;1-2-36(32,33)29-13-22(14-29,4-5-23)31-9-15(7-25-31)19-20-18(3-6-35-20)27-21(28-19)26-16-8-24-30(10-16)17-11-34-12-17;1-3-28-12-16(10-23-28)25-20-26-17-5-8-33-19(17)18(27-20)15-9-24-30(11-15)21(6-7-22)13-29(14-21)34(31,32)4-2/h7,11-15H,4-6,8,10,16-17H2,1-3H3,(H,29,30,31);5,10-14,19H,2-4,6,8-9,15-16H2,1H3,(H,28,29,30);3,6-10,17H,2,4,11-14H2,1H3,(H,26,27,28);5,8-12H,3-4,6,13-14H2,1-2H3,(H,25,26,27). The first-order chi connectivity index (χ1) is 71.3. The molecule has 0 aliphatic carbocycles. The van der Waals surface area contributed by atoms with Crippen LogP contribution in [-0.4, -0.2) is 296 Å². The molecular formula is C92H103N37O11S8. The highest BCUT2D eigenvalue weighted by atomic mass is 32.2. The number of hydrogen-bond acceptors (Lipinski definition) is 39. The van der Waals surface area contributed by atoms with Crippen molar-refractivity contribution in [3.05, 3.63) is 145 Å². The van der Waals surface area contributed by atoms with E-state index in [4.69, 9.17) is 29.4 Å². The third-order valence-corrected chi connectivity index (χ3v) is 37.4. The van der Waals surface area contributed by atoms with Crippen LogP contribution in [0.5, 0.6) is 0 Å². The molecule has 1 amide bonds. The largest absolute Gasteiger partial charge is 0.381 e. The summed E-state index contributed by atoms with van der Waals surface area (Å²) >= 11 is 6.13. The average molecular weight is 2160 g/mol. The number of carbonyl (C=O) groups is 1. The summed E-state index contributed by atoms with van der Waals surface area (Å²) in [5.74, 6) is 1.90. The molecule has 0 bridgehead atoms. The second-order valence-corrected chi connectivity index (χ2v) is 49.3. The molecule has 6 fully saturated rings. The second-order valence-electron chi connectivity index (χ2n) is 36.7. The molecule has 0 aromatic carbocycles. The van der Waals surface area contributed by atoms with Crippen LogP contribution in [0.4, 0.5) is 46.5 Å². The molecule has 148 heavy (non-hydrogen) atoms. The van der Waals surface area contributed by atoms with E-state index < -0.39 is 62.2 Å². The highest BCUT2D eigenvalue weighted by Crippen LogP contribution is 2.45. The monoisotopic (exact) mass is 2160 g/mol. The Balaban J connectivity index is 0.000000124. The topological polar surface area (TPSA) is 577 Å². The predicted octanol–water partition coefficient (Wildman–Crippen LogP) is 10.9. The van der Waals surface area contributed by atoms with E-state index in [1.807, 2.05) is 116 Å². The van der Waals surface area contributed by atoms with Gasteiger partial charge >= 0.3 is 0 Å². The Bertz CT molecular complexity index is 8250.